The molecule has 0 aromatic carbocycles. The van der Waals surface area contributed by atoms with Crippen molar-refractivity contribution in [3.63, 3.8) is 0 Å². The summed E-state index contributed by atoms with van der Waals surface area (Å²) in [7, 11) is 1.79. The number of carbonyl (C=O) groups excluding carboxylic acids is 1. The van der Waals surface area contributed by atoms with Crippen molar-refractivity contribution in [3.8, 4) is 0 Å². The van der Waals surface area contributed by atoms with Gasteiger partial charge in [0.15, 0.2) is 5.76 Å². The largest absolute Gasteiger partial charge is 0.456 e. The van der Waals surface area contributed by atoms with Gasteiger partial charge >= 0.3 is 0 Å². The third kappa shape index (κ3) is 3.01. The lowest BCUT2D eigenvalue weighted by Gasteiger charge is -2.14. The molecule has 0 N–H and O–H groups in total. The molecule has 0 aliphatic heterocycles. The number of nitrogens with zero attached hydrogens (tertiary/aromatic N) is 1. The smallest absolute Gasteiger partial charge is 0.289 e. The number of halogens is 1. The van der Waals surface area contributed by atoms with Crippen LogP contribution < -0.4 is 0 Å². The number of rotatable bonds is 5. The van der Waals surface area contributed by atoms with E-state index in [-0.39, 0.29) is 5.91 Å². The fraction of sp³-hybridized carbons (Fsp3) is 0.583. The minimum Gasteiger partial charge on any atom is -0.456 e. The second-order valence-electron chi connectivity index (χ2n) is 3.91. The quantitative estimate of drug-likeness (QED) is 0.744. The lowest BCUT2D eigenvalue weighted by molar-refractivity contribution is 0.0760. The summed E-state index contributed by atoms with van der Waals surface area (Å²) >= 11 is 5.73. The minimum atomic E-state index is -0.0760. The van der Waals surface area contributed by atoms with E-state index in [9.17, 15) is 4.79 Å². The summed E-state index contributed by atoms with van der Waals surface area (Å²) < 4.78 is 5.39. The number of aryl methyl sites for hydroxylation is 1. The molecular formula is C12H18ClNO2. The maximum Gasteiger partial charge on any atom is 0.289 e. The van der Waals surface area contributed by atoms with Crippen molar-refractivity contribution in [2.24, 2.45) is 0 Å². The van der Waals surface area contributed by atoms with Crippen LogP contribution in [-0.2, 0) is 5.88 Å². The Morgan fingerprint density at radius 1 is 1.56 bits per heavy atom. The fourth-order valence-electron chi connectivity index (χ4n) is 1.44. The van der Waals surface area contributed by atoms with Gasteiger partial charge < -0.3 is 9.32 Å². The van der Waals surface area contributed by atoms with Crippen LogP contribution in [0, 0.1) is 6.92 Å². The van der Waals surface area contributed by atoms with Crippen molar-refractivity contribution in [1.82, 2.24) is 4.90 Å². The van der Waals surface area contributed by atoms with Crippen LogP contribution in [0.4, 0.5) is 0 Å². The van der Waals surface area contributed by atoms with Gasteiger partial charge in [-0.2, -0.15) is 0 Å². The third-order valence-electron chi connectivity index (χ3n) is 2.57. The van der Waals surface area contributed by atoms with Gasteiger partial charge in [-0.1, -0.05) is 13.3 Å². The molecular weight excluding hydrogens is 226 g/mol. The highest BCUT2D eigenvalue weighted by Gasteiger charge is 2.17. The molecule has 1 aromatic heterocycles. The molecule has 0 saturated heterocycles. The van der Waals surface area contributed by atoms with Crippen molar-refractivity contribution in [1.29, 1.82) is 0 Å². The average molecular weight is 244 g/mol. The van der Waals surface area contributed by atoms with Gasteiger partial charge in [0.05, 0.1) is 5.88 Å². The van der Waals surface area contributed by atoms with E-state index in [1.54, 1.807) is 18.0 Å². The number of hydrogen-bond acceptors (Lipinski definition) is 2. The summed E-state index contributed by atoms with van der Waals surface area (Å²) in [5, 5.41) is 0. The molecule has 4 heteroatoms. The zero-order valence-corrected chi connectivity index (χ0v) is 10.8. The second kappa shape index (κ2) is 5.94. The zero-order valence-electron chi connectivity index (χ0n) is 10.0. The van der Waals surface area contributed by atoms with Gasteiger partial charge in [0.2, 0.25) is 0 Å². The molecule has 1 aromatic rings. The van der Waals surface area contributed by atoms with E-state index in [1.165, 1.54) is 0 Å². The average Bonchev–Trinajstić information content (AvgIpc) is 2.66. The van der Waals surface area contributed by atoms with E-state index in [0.717, 1.165) is 30.7 Å². The lowest BCUT2D eigenvalue weighted by atomic mass is 10.2. The number of furan rings is 1. The standard InChI is InChI=1S/C12H18ClNO2/c1-4-5-6-14(3)12(15)11-7-10(8-13)9(2)16-11/h7H,4-6,8H2,1-3H3. The van der Waals surface area contributed by atoms with Crippen LogP contribution in [0.15, 0.2) is 10.5 Å². The molecule has 16 heavy (non-hydrogen) atoms. The van der Waals surface area contributed by atoms with E-state index < -0.39 is 0 Å². The van der Waals surface area contributed by atoms with Crippen LogP contribution in [0.3, 0.4) is 0 Å². The monoisotopic (exact) mass is 243 g/mol. The fourth-order valence-corrected chi connectivity index (χ4v) is 1.71. The first-order valence-corrected chi connectivity index (χ1v) is 6.04. The summed E-state index contributed by atoms with van der Waals surface area (Å²) in [6.45, 7) is 4.67. The number of alkyl halides is 1. The molecule has 0 atom stereocenters. The molecule has 1 heterocycles. The van der Waals surface area contributed by atoms with E-state index >= 15 is 0 Å². The molecule has 0 aliphatic carbocycles. The molecule has 0 bridgehead atoms. The van der Waals surface area contributed by atoms with Gasteiger partial charge in [0.25, 0.3) is 5.91 Å². The maximum atomic E-state index is 11.9. The van der Waals surface area contributed by atoms with Crippen molar-refractivity contribution in [3.05, 3.63) is 23.2 Å². The molecule has 1 amide bonds. The van der Waals surface area contributed by atoms with E-state index in [2.05, 4.69) is 6.92 Å². The molecule has 0 fully saturated rings. The van der Waals surface area contributed by atoms with Crippen molar-refractivity contribution >= 4 is 17.5 Å². The molecule has 0 unspecified atom stereocenters. The second-order valence-corrected chi connectivity index (χ2v) is 4.17. The van der Waals surface area contributed by atoms with Crippen LogP contribution in [0.2, 0.25) is 0 Å². The first-order chi connectivity index (χ1) is 7.60. The summed E-state index contributed by atoms with van der Waals surface area (Å²) in [6.07, 6.45) is 2.08. The van der Waals surface area contributed by atoms with Crippen LogP contribution in [0.25, 0.3) is 0 Å². The topological polar surface area (TPSA) is 33.5 Å². The molecule has 0 radical (unpaired) electrons. The van der Waals surface area contributed by atoms with Gasteiger partial charge in [-0.3, -0.25) is 4.79 Å². The highest BCUT2D eigenvalue weighted by atomic mass is 35.5. The van der Waals surface area contributed by atoms with Gasteiger partial charge in [0.1, 0.15) is 5.76 Å². The predicted molar refractivity (Wildman–Crippen MR) is 64.9 cm³/mol. The first kappa shape index (κ1) is 13.1. The minimum absolute atomic E-state index is 0.0760. The molecule has 1 rings (SSSR count). The molecule has 0 spiro atoms. The molecule has 90 valence electrons. The van der Waals surface area contributed by atoms with Crippen LogP contribution in [-0.4, -0.2) is 24.4 Å². The number of unbranched alkanes of at least 4 members (excludes halogenated alkanes) is 1. The zero-order chi connectivity index (χ0) is 12.1. The van der Waals surface area contributed by atoms with E-state index in [1.807, 2.05) is 6.92 Å². The van der Waals surface area contributed by atoms with E-state index in [4.69, 9.17) is 16.0 Å². The lowest BCUT2D eigenvalue weighted by Crippen LogP contribution is -2.27. The first-order valence-electron chi connectivity index (χ1n) is 5.50. The van der Waals surface area contributed by atoms with Crippen molar-refractivity contribution in [2.45, 2.75) is 32.6 Å². The van der Waals surface area contributed by atoms with Gasteiger partial charge in [-0.15, -0.1) is 11.6 Å². The third-order valence-corrected chi connectivity index (χ3v) is 2.86. The summed E-state index contributed by atoms with van der Waals surface area (Å²) in [4.78, 5) is 13.6. The van der Waals surface area contributed by atoms with Crippen molar-refractivity contribution in [2.75, 3.05) is 13.6 Å². The van der Waals surface area contributed by atoms with Crippen LogP contribution in [0.1, 0.15) is 41.6 Å². The Labute approximate surface area is 101 Å². The van der Waals surface area contributed by atoms with Crippen molar-refractivity contribution < 1.29 is 9.21 Å². The highest BCUT2D eigenvalue weighted by molar-refractivity contribution is 6.17. The Morgan fingerprint density at radius 2 is 2.25 bits per heavy atom. The SMILES string of the molecule is CCCCN(C)C(=O)c1cc(CCl)c(C)o1. The summed E-state index contributed by atoms with van der Waals surface area (Å²) in [5.74, 6) is 1.41. The van der Waals surface area contributed by atoms with Crippen LogP contribution in [0.5, 0.6) is 0 Å². The Bertz CT molecular complexity index is 360. The Kier molecular flexibility index (Phi) is 4.87. The van der Waals surface area contributed by atoms with Gasteiger partial charge in [0, 0.05) is 19.2 Å². The normalized spacial score (nSPS) is 10.5. The summed E-state index contributed by atoms with van der Waals surface area (Å²) in [6, 6.07) is 1.73. The number of carbonyl (C=O) groups is 1. The molecule has 0 saturated carbocycles. The van der Waals surface area contributed by atoms with Crippen LogP contribution >= 0.6 is 11.6 Å². The Hall–Kier alpha value is -0.960. The maximum absolute atomic E-state index is 11.9. The number of hydrogen-bond donors (Lipinski definition) is 0. The van der Waals surface area contributed by atoms with Gasteiger partial charge in [-0.25, -0.2) is 0 Å². The van der Waals surface area contributed by atoms with Gasteiger partial charge in [-0.05, 0) is 19.4 Å². The predicted octanol–water partition coefficient (Wildman–Crippen LogP) is 3.20. The summed E-state index contributed by atoms with van der Waals surface area (Å²) in [5.41, 5.74) is 0.883. The molecule has 0 aliphatic rings. The Balaban J connectivity index is 2.72. The van der Waals surface area contributed by atoms with E-state index in [0.29, 0.717) is 11.6 Å². The molecule has 3 nitrogen and oxygen atoms in total. The highest BCUT2D eigenvalue weighted by Crippen LogP contribution is 2.17. The Morgan fingerprint density at radius 3 is 2.75 bits per heavy atom. The number of amides is 1.